The van der Waals surface area contributed by atoms with Crippen LogP contribution in [0.5, 0.6) is 0 Å². The summed E-state index contributed by atoms with van der Waals surface area (Å²) >= 11 is 0. The van der Waals surface area contributed by atoms with Crippen molar-refractivity contribution < 1.29 is 9.59 Å². The number of fused-ring (bicyclic) bond motifs is 1. The van der Waals surface area contributed by atoms with Gasteiger partial charge in [-0.3, -0.25) is 14.5 Å². The maximum atomic E-state index is 11.9. The van der Waals surface area contributed by atoms with Crippen LogP contribution in [-0.4, -0.2) is 23.3 Å². The first-order chi connectivity index (χ1) is 7.19. The zero-order chi connectivity index (χ0) is 11.0. The fraction of sp³-hybridized carbons (Fsp3) is 0.667. The highest BCUT2D eigenvalue weighted by molar-refractivity contribution is 6.05. The molecule has 1 saturated carbocycles. The third-order valence-corrected chi connectivity index (χ3v) is 3.65. The number of rotatable bonds is 2. The Balaban J connectivity index is 2.15. The van der Waals surface area contributed by atoms with E-state index in [-0.39, 0.29) is 30.2 Å². The van der Waals surface area contributed by atoms with Gasteiger partial charge < -0.3 is 0 Å². The zero-order valence-corrected chi connectivity index (χ0v) is 8.90. The number of carbonyl (C=O) groups is 2. The summed E-state index contributed by atoms with van der Waals surface area (Å²) in [7, 11) is 0. The molecule has 3 nitrogen and oxygen atoms in total. The minimum Gasteiger partial charge on any atom is -0.274 e. The van der Waals surface area contributed by atoms with Crippen molar-refractivity contribution in [1.29, 1.82) is 0 Å². The van der Waals surface area contributed by atoms with Crippen molar-refractivity contribution in [2.24, 2.45) is 17.8 Å². The van der Waals surface area contributed by atoms with Crippen molar-refractivity contribution in [3.8, 4) is 12.3 Å². The van der Waals surface area contributed by atoms with Gasteiger partial charge in [-0.25, -0.2) is 0 Å². The van der Waals surface area contributed by atoms with Crippen LogP contribution in [0.1, 0.15) is 26.2 Å². The van der Waals surface area contributed by atoms with Crippen LogP contribution in [-0.2, 0) is 9.59 Å². The number of likely N-dealkylation sites (tertiary alicyclic amines) is 1. The number of nitrogens with zero attached hydrogens (tertiary/aromatic N) is 1. The van der Waals surface area contributed by atoms with E-state index in [1.165, 1.54) is 4.90 Å². The number of hydrogen-bond acceptors (Lipinski definition) is 2. The highest BCUT2D eigenvalue weighted by atomic mass is 16.2. The van der Waals surface area contributed by atoms with Gasteiger partial charge in [0, 0.05) is 0 Å². The Morgan fingerprint density at radius 2 is 1.87 bits per heavy atom. The van der Waals surface area contributed by atoms with Gasteiger partial charge in [-0.05, 0) is 18.8 Å². The van der Waals surface area contributed by atoms with Crippen molar-refractivity contribution in [3.05, 3.63) is 0 Å². The molecule has 0 aromatic carbocycles. The summed E-state index contributed by atoms with van der Waals surface area (Å²) in [6, 6.07) is 0. The van der Waals surface area contributed by atoms with Crippen LogP contribution in [0.2, 0.25) is 0 Å². The maximum absolute atomic E-state index is 11.9. The topological polar surface area (TPSA) is 37.4 Å². The average molecular weight is 205 g/mol. The van der Waals surface area contributed by atoms with Crippen LogP contribution in [0.25, 0.3) is 0 Å². The molecule has 2 aliphatic rings. The normalized spacial score (nSPS) is 34.4. The molecule has 2 fully saturated rings. The minimum atomic E-state index is -0.0733. The summed E-state index contributed by atoms with van der Waals surface area (Å²) in [5.74, 6) is 2.68. The second-order valence-electron chi connectivity index (χ2n) is 4.43. The molecule has 0 N–H and O–H groups in total. The van der Waals surface area contributed by atoms with E-state index in [9.17, 15) is 9.59 Å². The Kier molecular flexibility index (Phi) is 2.52. The van der Waals surface area contributed by atoms with Gasteiger partial charge >= 0.3 is 0 Å². The van der Waals surface area contributed by atoms with Crippen molar-refractivity contribution in [1.82, 2.24) is 4.90 Å². The molecular weight excluding hydrogens is 190 g/mol. The zero-order valence-electron chi connectivity index (χ0n) is 8.90. The van der Waals surface area contributed by atoms with Gasteiger partial charge in [0.25, 0.3) is 0 Å². The molecule has 2 atom stereocenters. The summed E-state index contributed by atoms with van der Waals surface area (Å²) in [5.41, 5.74) is 0. The van der Waals surface area contributed by atoms with Crippen molar-refractivity contribution in [2.75, 3.05) is 6.54 Å². The maximum Gasteiger partial charge on any atom is 0.233 e. The first-order valence-corrected chi connectivity index (χ1v) is 5.47. The molecule has 1 aliphatic carbocycles. The molecular formula is C12H15NO2. The molecule has 0 spiro atoms. The first kappa shape index (κ1) is 10.2. The molecule has 0 bridgehead atoms. The Labute approximate surface area is 89.8 Å². The molecule has 0 aromatic heterocycles. The van der Waals surface area contributed by atoms with Gasteiger partial charge in [-0.15, -0.1) is 6.42 Å². The lowest BCUT2D eigenvalue weighted by atomic mass is 10.00. The van der Waals surface area contributed by atoms with Crippen molar-refractivity contribution in [2.45, 2.75) is 26.2 Å². The lowest BCUT2D eigenvalue weighted by molar-refractivity contribution is -0.139. The largest absolute Gasteiger partial charge is 0.274 e. The SMILES string of the molecule is C#CCN1C(=O)C2CC(CC)CC2C1=O. The van der Waals surface area contributed by atoms with Crippen LogP contribution in [0.4, 0.5) is 0 Å². The lowest BCUT2D eigenvalue weighted by Gasteiger charge is -2.14. The molecule has 0 aromatic rings. The van der Waals surface area contributed by atoms with Gasteiger partial charge in [0.15, 0.2) is 0 Å². The molecule has 1 saturated heterocycles. The molecule has 80 valence electrons. The van der Waals surface area contributed by atoms with Crippen molar-refractivity contribution >= 4 is 11.8 Å². The van der Waals surface area contributed by atoms with E-state index in [0.29, 0.717) is 5.92 Å². The van der Waals surface area contributed by atoms with E-state index in [0.717, 1.165) is 19.3 Å². The fourth-order valence-corrected chi connectivity index (χ4v) is 2.78. The van der Waals surface area contributed by atoms with Gasteiger partial charge in [-0.2, -0.15) is 0 Å². The number of amides is 2. The van der Waals surface area contributed by atoms with E-state index in [4.69, 9.17) is 6.42 Å². The molecule has 1 aliphatic heterocycles. The molecule has 2 rings (SSSR count). The molecule has 0 radical (unpaired) electrons. The Bertz CT molecular complexity index is 318. The molecule has 1 heterocycles. The van der Waals surface area contributed by atoms with Crippen LogP contribution >= 0.6 is 0 Å². The van der Waals surface area contributed by atoms with E-state index >= 15 is 0 Å². The number of carbonyl (C=O) groups excluding carboxylic acids is 2. The van der Waals surface area contributed by atoms with Gasteiger partial charge in [0.2, 0.25) is 11.8 Å². The summed E-state index contributed by atoms with van der Waals surface area (Å²) in [5, 5.41) is 0. The fourth-order valence-electron chi connectivity index (χ4n) is 2.78. The monoisotopic (exact) mass is 205 g/mol. The third-order valence-electron chi connectivity index (χ3n) is 3.65. The smallest absolute Gasteiger partial charge is 0.233 e. The van der Waals surface area contributed by atoms with Crippen LogP contribution in [0.15, 0.2) is 0 Å². The predicted octanol–water partition coefficient (Wildman–Crippen LogP) is 1.04. The van der Waals surface area contributed by atoms with E-state index < -0.39 is 0 Å². The van der Waals surface area contributed by atoms with Gasteiger partial charge in [0.1, 0.15) is 0 Å². The second kappa shape index (κ2) is 3.69. The quantitative estimate of drug-likeness (QED) is 0.499. The number of imide groups is 1. The molecule has 3 heteroatoms. The number of terminal acetylenes is 1. The lowest BCUT2D eigenvalue weighted by Crippen LogP contribution is -2.32. The first-order valence-electron chi connectivity index (χ1n) is 5.47. The Morgan fingerprint density at radius 3 is 2.27 bits per heavy atom. The van der Waals surface area contributed by atoms with Crippen LogP contribution in [0, 0.1) is 30.1 Å². The summed E-state index contributed by atoms with van der Waals surface area (Å²) < 4.78 is 0. The van der Waals surface area contributed by atoms with Crippen LogP contribution in [0.3, 0.4) is 0 Å². The van der Waals surface area contributed by atoms with E-state index in [1.807, 2.05) is 0 Å². The predicted molar refractivity (Wildman–Crippen MR) is 55.5 cm³/mol. The second-order valence-corrected chi connectivity index (χ2v) is 4.43. The number of hydrogen-bond donors (Lipinski definition) is 0. The third kappa shape index (κ3) is 1.45. The van der Waals surface area contributed by atoms with Crippen molar-refractivity contribution in [3.63, 3.8) is 0 Å². The average Bonchev–Trinajstić information content (AvgIpc) is 2.75. The minimum absolute atomic E-state index is 0.0427. The summed E-state index contributed by atoms with van der Waals surface area (Å²) in [6.07, 6.45) is 7.93. The molecule has 2 unspecified atom stereocenters. The summed E-state index contributed by atoms with van der Waals surface area (Å²) in [6.45, 7) is 2.25. The Hall–Kier alpha value is -1.30. The summed E-state index contributed by atoms with van der Waals surface area (Å²) in [4.78, 5) is 25.0. The standard InChI is InChI=1S/C12H15NO2/c1-3-5-13-11(14)9-6-8(4-2)7-10(9)12(13)15/h1,8-10H,4-7H2,2H3. The highest BCUT2D eigenvalue weighted by Gasteiger charge is 2.51. The van der Waals surface area contributed by atoms with Gasteiger partial charge in [0.05, 0.1) is 18.4 Å². The molecule has 15 heavy (non-hydrogen) atoms. The molecule has 2 amide bonds. The van der Waals surface area contributed by atoms with E-state index in [2.05, 4.69) is 12.8 Å². The van der Waals surface area contributed by atoms with Crippen LogP contribution < -0.4 is 0 Å². The van der Waals surface area contributed by atoms with Gasteiger partial charge in [-0.1, -0.05) is 19.3 Å². The highest BCUT2D eigenvalue weighted by Crippen LogP contribution is 2.43. The Morgan fingerprint density at radius 1 is 1.33 bits per heavy atom. The van der Waals surface area contributed by atoms with E-state index in [1.54, 1.807) is 0 Å².